The van der Waals surface area contributed by atoms with Gasteiger partial charge < -0.3 is 10.8 Å². The van der Waals surface area contributed by atoms with E-state index in [1.807, 2.05) is 18.2 Å². The third kappa shape index (κ3) is 4.31. The van der Waals surface area contributed by atoms with E-state index in [0.29, 0.717) is 6.42 Å². The summed E-state index contributed by atoms with van der Waals surface area (Å²) in [5.41, 5.74) is 6.45. The van der Waals surface area contributed by atoms with Crippen molar-refractivity contribution in [3.05, 3.63) is 47.7 Å². The fourth-order valence-corrected chi connectivity index (χ4v) is 1.30. The Labute approximate surface area is 89.2 Å². The first kappa shape index (κ1) is 11.3. The molecule has 0 unspecified atom stereocenters. The Morgan fingerprint density at radius 3 is 2.60 bits per heavy atom. The number of benzene rings is 1. The second kappa shape index (κ2) is 5.86. The first-order chi connectivity index (χ1) is 7.20. The lowest BCUT2D eigenvalue weighted by Crippen LogP contribution is -2.09. The Hall–Kier alpha value is -1.77. The minimum atomic E-state index is -1.05. The Bertz CT molecular complexity index is 344. The van der Waals surface area contributed by atoms with Crippen molar-refractivity contribution in [3.63, 3.8) is 0 Å². The Morgan fingerprint density at radius 2 is 2.00 bits per heavy atom. The van der Waals surface area contributed by atoms with Crippen molar-refractivity contribution in [3.8, 4) is 0 Å². The van der Waals surface area contributed by atoms with E-state index < -0.39 is 5.97 Å². The molecule has 80 valence electrons. The molecule has 1 rings (SSSR count). The van der Waals surface area contributed by atoms with Crippen molar-refractivity contribution < 1.29 is 9.90 Å². The van der Waals surface area contributed by atoms with Gasteiger partial charge in [0.25, 0.3) is 0 Å². The van der Waals surface area contributed by atoms with Crippen LogP contribution in [0.3, 0.4) is 0 Å². The standard InChI is InChI=1S/C12H15NO2/c13-11(12(14)15)9-5-4-8-10-6-2-1-3-7-10/h1-3,6-7,9H,4-5,8,13H2,(H,14,15). The summed E-state index contributed by atoms with van der Waals surface area (Å²) in [6.45, 7) is 0. The summed E-state index contributed by atoms with van der Waals surface area (Å²) in [7, 11) is 0. The van der Waals surface area contributed by atoms with Gasteiger partial charge in [0.05, 0.1) is 0 Å². The highest BCUT2D eigenvalue weighted by Crippen LogP contribution is 2.05. The van der Waals surface area contributed by atoms with E-state index in [9.17, 15) is 4.79 Å². The highest BCUT2D eigenvalue weighted by atomic mass is 16.4. The molecule has 0 saturated heterocycles. The van der Waals surface area contributed by atoms with Crippen LogP contribution in [0.2, 0.25) is 0 Å². The summed E-state index contributed by atoms with van der Waals surface area (Å²) >= 11 is 0. The lowest BCUT2D eigenvalue weighted by Gasteiger charge is -1.98. The monoisotopic (exact) mass is 205 g/mol. The smallest absolute Gasteiger partial charge is 0.351 e. The van der Waals surface area contributed by atoms with Gasteiger partial charge in [-0.3, -0.25) is 0 Å². The quantitative estimate of drug-likeness (QED) is 0.570. The molecule has 0 heterocycles. The SMILES string of the molecule is NC(=CCCCc1ccccc1)C(=O)O. The van der Waals surface area contributed by atoms with Crippen LogP contribution in [-0.4, -0.2) is 11.1 Å². The zero-order valence-electron chi connectivity index (χ0n) is 8.52. The predicted octanol–water partition coefficient (Wildman–Crippen LogP) is 1.94. The highest BCUT2D eigenvalue weighted by Gasteiger charge is 1.98. The largest absolute Gasteiger partial charge is 0.477 e. The summed E-state index contributed by atoms with van der Waals surface area (Å²) in [6, 6.07) is 10.1. The van der Waals surface area contributed by atoms with E-state index >= 15 is 0 Å². The molecule has 3 N–H and O–H groups in total. The van der Waals surface area contributed by atoms with Crippen molar-refractivity contribution in [1.29, 1.82) is 0 Å². The molecule has 3 nitrogen and oxygen atoms in total. The van der Waals surface area contributed by atoms with Gasteiger partial charge >= 0.3 is 5.97 Å². The van der Waals surface area contributed by atoms with Gasteiger partial charge in [0.15, 0.2) is 0 Å². The van der Waals surface area contributed by atoms with Crippen LogP contribution in [0.5, 0.6) is 0 Å². The maximum Gasteiger partial charge on any atom is 0.351 e. The molecule has 0 atom stereocenters. The molecule has 3 heteroatoms. The van der Waals surface area contributed by atoms with Crippen LogP contribution >= 0.6 is 0 Å². The number of carboxylic acids is 1. The van der Waals surface area contributed by atoms with Crippen molar-refractivity contribution in [2.45, 2.75) is 19.3 Å². The van der Waals surface area contributed by atoms with Gasteiger partial charge in [0.1, 0.15) is 5.70 Å². The predicted molar refractivity (Wildman–Crippen MR) is 59.3 cm³/mol. The number of nitrogens with two attached hydrogens (primary N) is 1. The Morgan fingerprint density at radius 1 is 1.33 bits per heavy atom. The molecule has 0 spiro atoms. The molecule has 0 radical (unpaired) electrons. The normalized spacial score (nSPS) is 11.3. The first-order valence-electron chi connectivity index (χ1n) is 4.93. The third-order valence-corrected chi connectivity index (χ3v) is 2.12. The van der Waals surface area contributed by atoms with Crippen LogP contribution in [0, 0.1) is 0 Å². The van der Waals surface area contributed by atoms with E-state index in [1.54, 1.807) is 6.08 Å². The molecule has 0 aromatic heterocycles. The van der Waals surface area contributed by atoms with Crippen LogP contribution in [0.15, 0.2) is 42.1 Å². The van der Waals surface area contributed by atoms with Crippen LogP contribution < -0.4 is 5.73 Å². The maximum atomic E-state index is 10.4. The summed E-state index contributed by atoms with van der Waals surface area (Å²) in [5, 5.41) is 8.51. The van der Waals surface area contributed by atoms with Gasteiger partial charge in [0.2, 0.25) is 0 Å². The second-order valence-corrected chi connectivity index (χ2v) is 3.34. The first-order valence-corrected chi connectivity index (χ1v) is 4.93. The lowest BCUT2D eigenvalue weighted by atomic mass is 10.1. The molecular formula is C12H15NO2. The van der Waals surface area contributed by atoms with E-state index in [2.05, 4.69) is 12.1 Å². The Kier molecular flexibility index (Phi) is 4.41. The van der Waals surface area contributed by atoms with Gasteiger partial charge in [-0.25, -0.2) is 4.79 Å². The average molecular weight is 205 g/mol. The topological polar surface area (TPSA) is 63.3 Å². The van der Waals surface area contributed by atoms with Gasteiger partial charge in [-0.1, -0.05) is 36.4 Å². The molecule has 0 fully saturated rings. The summed E-state index contributed by atoms with van der Waals surface area (Å²) < 4.78 is 0. The molecule has 0 bridgehead atoms. The minimum Gasteiger partial charge on any atom is -0.477 e. The van der Waals surface area contributed by atoms with Gasteiger partial charge in [0, 0.05) is 0 Å². The Balaban J connectivity index is 2.29. The van der Waals surface area contributed by atoms with Crippen molar-refractivity contribution in [1.82, 2.24) is 0 Å². The maximum absolute atomic E-state index is 10.4. The number of carbonyl (C=O) groups is 1. The molecule has 0 amide bonds. The summed E-state index contributed by atoms with van der Waals surface area (Å²) in [6.07, 6.45) is 4.13. The zero-order chi connectivity index (χ0) is 11.1. The van der Waals surface area contributed by atoms with Crippen LogP contribution in [0.25, 0.3) is 0 Å². The van der Waals surface area contributed by atoms with Crippen LogP contribution in [0.4, 0.5) is 0 Å². The zero-order valence-corrected chi connectivity index (χ0v) is 8.52. The number of hydrogen-bond acceptors (Lipinski definition) is 2. The number of unbranched alkanes of at least 4 members (excludes halogenated alkanes) is 1. The van der Waals surface area contributed by atoms with Gasteiger partial charge in [-0.2, -0.15) is 0 Å². The molecule has 0 saturated carbocycles. The minimum absolute atomic E-state index is 0.0666. The fourth-order valence-electron chi connectivity index (χ4n) is 1.30. The van der Waals surface area contributed by atoms with Crippen LogP contribution in [0.1, 0.15) is 18.4 Å². The molecule has 1 aromatic rings. The number of carboxylic acid groups (broad SMARTS) is 1. The number of allylic oxidation sites excluding steroid dienone is 1. The van der Waals surface area contributed by atoms with Crippen molar-refractivity contribution in [2.24, 2.45) is 5.73 Å². The summed E-state index contributed by atoms with van der Waals surface area (Å²) in [5.74, 6) is -1.05. The van der Waals surface area contributed by atoms with Crippen LogP contribution in [-0.2, 0) is 11.2 Å². The van der Waals surface area contributed by atoms with E-state index in [-0.39, 0.29) is 5.70 Å². The number of aryl methyl sites for hydroxylation is 1. The van der Waals surface area contributed by atoms with E-state index in [1.165, 1.54) is 5.56 Å². The molecular weight excluding hydrogens is 190 g/mol. The van der Waals surface area contributed by atoms with Crippen molar-refractivity contribution in [2.75, 3.05) is 0 Å². The van der Waals surface area contributed by atoms with E-state index in [0.717, 1.165) is 12.8 Å². The lowest BCUT2D eigenvalue weighted by molar-refractivity contribution is -0.132. The molecule has 0 aliphatic heterocycles. The third-order valence-electron chi connectivity index (χ3n) is 2.12. The fraction of sp³-hybridized carbons (Fsp3) is 0.250. The number of hydrogen-bond donors (Lipinski definition) is 2. The van der Waals surface area contributed by atoms with Gasteiger partial charge in [-0.15, -0.1) is 0 Å². The van der Waals surface area contributed by atoms with Crippen molar-refractivity contribution >= 4 is 5.97 Å². The highest BCUT2D eigenvalue weighted by molar-refractivity contribution is 5.85. The average Bonchev–Trinajstić information content (AvgIpc) is 2.25. The second-order valence-electron chi connectivity index (χ2n) is 3.34. The number of aliphatic carboxylic acids is 1. The molecule has 0 aliphatic carbocycles. The van der Waals surface area contributed by atoms with Gasteiger partial charge in [-0.05, 0) is 24.8 Å². The molecule has 0 aliphatic rings. The van der Waals surface area contributed by atoms with E-state index in [4.69, 9.17) is 10.8 Å². The molecule has 15 heavy (non-hydrogen) atoms. The number of rotatable bonds is 5. The molecule has 1 aromatic carbocycles. The summed E-state index contributed by atoms with van der Waals surface area (Å²) in [4.78, 5) is 10.4.